The maximum atomic E-state index is 11.6. The molecule has 2 heterocycles. The van der Waals surface area contributed by atoms with E-state index in [4.69, 9.17) is 21.1 Å². The largest absolute Gasteiger partial charge is 0.459 e. The third-order valence-electron chi connectivity index (χ3n) is 2.40. The number of halogens is 1. The number of aromatic nitrogens is 1. The minimum atomic E-state index is -0.450. The highest BCUT2D eigenvalue weighted by molar-refractivity contribution is 6.32. The van der Waals surface area contributed by atoms with Gasteiger partial charge in [-0.3, -0.25) is 0 Å². The lowest BCUT2D eigenvalue weighted by Gasteiger charge is -2.10. The standard InChI is InChI=1S/C11H12ClNO3/c12-10-9(4-1-5-13-10)11(14)16-7-8-3-2-6-15-8/h1,4-5,8H,2-3,6-7H2/t8-/m1/s1. The topological polar surface area (TPSA) is 48.4 Å². The number of hydrogen-bond acceptors (Lipinski definition) is 4. The predicted molar refractivity (Wildman–Crippen MR) is 58.5 cm³/mol. The molecule has 1 atom stereocenters. The van der Waals surface area contributed by atoms with Crippen LogP contribution in [0.15, 0.2) is 18.3 Å². The van der Waals surface area contributed by atoms with E-state index in [0.717, 1.165) is 19.4 Å². The second-order valence-corrected chi connectivity index (χ2v) is 3.93. The zero-order valence-corrected chi connectivity index (χ0v) is 9.44. The highest BCUT2D eigenvalue weighted by Gasteiger charge is 2.19. The van der Waals surface area contributed by atoms with E-state index in [0.29, 0.717) is 5.56 Å². The Kier molecular flexibility index (Phi) is 3.74. The molecular formula is C11H12ClNO3. The van der Waals surface area contributed by atoms with Gasteiger partial charge in [0.05, 0.1) is 11.7 Å². The lowest BCUT2D eigenvalue weighted by Crippen LogP contribution is -2.18. The number of pyridine rings is 1. The summed E-state index contributed by atoms with van der Waals surface area (Å²) >= 11 is 5.77. The zero-order chi connectivity index (χ0) is 11.4. The molecule has 5 heteroatoms. The van der Waals surface area contributed by atoms with Gasteiger partial charge in [0.2, 0.25) is 0 Å². The van der Waals surface area contributed by atoms with Crippen LogP contribution in [-0.4, -0.2) is 30.3 Å². The molecule has 1 fully saturated rings. The van der Waals surface area contributed by atoms with Gasteiger partial charge in [0, 0.05) is 12.8 Å². The normalized spacial score (nSPS) is 19.7. The summed E-state index contributed by atoms with van der Waals surface area (Å²) in [6.07, 6.45) is 3.52. The fraction of sp³-hybridized carbons (Fsp3) is 0.455. The molecule has 0 N–H and O–H groups in total. The monoisotopic (exact) mass is 241 g/mol. The second kappa shape index (κ2) is 5.27. The Morgan fingerprint density at radius 2 is 2.56 bits per heavy atom. The molecule has 1 aromatic heterocycles. The molecule has 2 rings (SSSR count). The molecule has 0 amide bonds. The zero-order valence-electron chi connectivity index (χ0n) is 8.69. The van der Waals surface area contributed by atoms with Gasteiger partial charge in [0.1, 0.15) is 11.8 Å². The van der Waals surface area contributed by atoms with Gasteiger partial charge in [-0.25, -0.2) is 9.78 Å². The van der Waals surface area contributed by atoms with Crippen molar-refractivity contribution in [3.8, 4) is 0 Å². The smallest absolute Gasteiger partial charge is 0.341 e. The van der Waals surface area contributed by atoms with E-state index in [1.807, 2.05) is 0 Å². The van der Waals surface area contributed by atoms with Crippen LogP contribution in [-0.2, 0) is 9.47 Å². The van der Waals surface area contributed by atoms with E-state index in [9.17, 15) is 4.79 Å². The summed E-state index contributed by atoms with van der Waals surface area (Å²) in [5, 5.41) is 0.167. The van der Waals surface area contributed by atoms with Crippen LogP contribution in [0.5, 0.6) is 0 Å². The van der Waals surface area contributed by atoms with Gasteiger partial charge in [0.25, 0.3) is 0 Å². The van der Waals surface area contributed by atoms with Crippen molar-refractivity contribution >= 4 is 17.6 Å². The molecule has 1 aliphatic rings. The van der Waals surface area contributed by atoms with Crippen LogP contribution < -0.4 is 0 Å². The Balaban J connectivity index is 1.90. The number of ether oxygens (including phenoxy) is 2. The quantitative estimate of drug-likeness (QED) is 0.601. The first-order valence-electron chi connectivity index (χ1n) is 5.16. The summed E-state index contributed by atoms with van der Waals surface area (Å²) in [5.41, 5.74) is 0.294. The summed E-state index contributed by atoms with van der Waals surface area (Å²) < 4.78 is 10.4. The summed E-state index contributed by atoms with van der Waals surface area (Å²) in [6.45, 7) is 1.03. The van der Waals surface area contributed by atoms with E-state index in [1.54, 1.807) is 12.1 Å². The van der Waals surface area contributed by atoms with Crippen molar-refractivity contribution in [3.63, 3.8) is 0 Å². The highest BCUT2D eigenvalue weighted by atomic mass is 35.5. The van der Waals surface area contributed by atoms with Crippen molar-refractivity contribution in [2.45, 2.75) is 18.9 Å². The van der Waals surface area contributed by atoms with Gasteiger partial charge in [0.15, 0.2) is 0 Å². The molecule has 86 valence electrons. The number of carbonyl (C=O) groups is 1. The van der Waals surface area contributed by atoms with Crippen molar-refractivity contribution < 1.29 is 14.3 Å². The Labute approximate surface area is 98.5 Å². The molecule has 0 aromatic carbocycles. The minimum Gasteiger partial charge on any atom is -0.459 e. The maximum Gasteiger partial charge on any atom is 0.341 e. The molecule has 0 unspecified atom stereocenters. The van der Waals surface area contributed by atoms with Crippen LogP contribution in [0.4, 0.5) is 0 Å². The molecule has 16 heavy (non-hydrogen) atoms. The Morgan fingerprint density at radius 1 is 1.69 bits per heavy atom. The van der Waals surface area contributed by atoms with Gasteiger partial charge >= 0.3 is 5.97 Å². The van der Waals surface area contributed by atoms with Crippen molar-refractivity contribution in [1.82, 2.24) is 4.98 Å². The van der Waals surface area contributed by atoms with E-state index >= 15 is 0 Å². The number of rotatable bonds is 3. The van der Waals surface area contributed by atoms with E-state index in [2.05, 4.69) is 4.98 Å². The summed E-state index contributed by atoms with van der Waals surface area (Å²) in [4.78, 5) is 15.4. The molecule has 1 aliphatic heterocycles. The molecular weight excluding hydrogens is 230 g/mol. The molecule has 0 spiro atoms. The third kappa shape index (κ3) is 2.71. The lowest BCUT2D eigenvalue weighted by atomic mass is 10.2. The van der Waals surface area contributed by atoms with Gasteiger partial charge in [-0.15, -0.1) is 0 Å². The third-order valence-corrected chi connectivity index (χ3v) is 2.70. The molecule has 4 nitrogen and oxygen atoms in total. The Morgan fingerprint density at radius 3 is 3.25 bits per heavy atom. The van der Waals surface area contributed by atoms with Crippen LogP contribution in [0.3, 0.4) is 0 Å². The minimum absolute atomic E-state index is 0.0272. The first-order valence-corrected chi connectivity index (χ1v) is 5.54. The number of hydrogen-bond donors (Lipinski definition) is 0. The van der Waals surface area contributed by atoms with Gasteiger partial charge in [-0.05, 0) is 25.0 Å². The van der Waals surface area contributed by atoms with E-state index in [1.165, 1.54) is 6.20 Å². The first-order chi connectivity index (χ1) is 7.77. The van der Waals surface area contributed by atoms with Crippen molar-refractivity contribution in [3.05, 3.63) is 29.0 Å². The van der Waals surface area contributed by atoms with Crippen LogP contribution in [0.2, 0.25) is 5.15 Å². The van der Waals surface area contributed by atoms with E-state index in [-0.39, 0.29) is 17.9 Å². The SMILES string of the molecule is O=C(OC[C@H]1CCCO1)c1cccnc1Cl. The molecule has 0 bridgehead atoms. The fourth-order valence-corrected chi connectivity index (χ4v) is 1.76. The van der Waals surface area contributed by atoms with Crippen LogP contribution in [0, 0.1) is 0 Å². The summed E-state index contributed by atoms with van der Waals surface area (Å²) in [5.74, 6) is -0.450. The van der Waals surface area contributed by atoms with Gasteiger partial charge in [-0.1, -0.05) is 11.6 Å². The maximum absolute atomic E-state index is 11.6. The Bertz CT molecular complexity index is 377. The lowest BCUT2D eigenvalue weighted by molar-refractivity contribution is 0.0161. The number of carbonyl (C=O) groups excluding carboxylic acids is 1. The van der Waals surface area contributed by atoms with Crippen molar-refractivity contribution in [1.29, 1.82) is 0 Å². The fourth-order valence-electron chi connectivity index (χ4n) is 1.56. The van der Waals surface area contributed by atoms with Gasteiger partial charge < -0.3 is 9.47 Å². The second-order valence-electron chi connectivity index (χ2n) is 3.58. The number of nitrogens with zero attached hydrogens (tertiary/aromatic N) is 1. The van der Waals surface area contributed by atoms with E-state index < -0.39 is 5.97 Å². The molecule has 0 aliphatic carbocycles. The summed E-state index contributed by atoms with van der Waals surface area (Å²) in [6, 6.07) is 3.24. The van der Waals surface area contributed by atoms with Crippen LogP contribution >= 0.6 is 11.6 Å². The van der Waals surface area contributed by atoms with Crippen LogP contribution in [0.1, 0.15) is 23.2 Å². The average Bonchev–Trinajstić information content (AvgIpc) is 2.79. The van der Waals surface area contributed by atoms with Crippen molar-refractivity contribution in [2.24, 2.45) is 0 Å². The molecule has 1 saturated heterocycles. The molecule has 1 aromatic rings. The Hall–Kier alpha value is -1.13. The van der Waals surface area contributed by atoms with Gasteiger partial charge in [-0.2, -0.15) is 0 Å². The first kappa shape index (κ1) is 11.4. The average molecular weight is 242 g/mol. The predicted octanol–water partition coefficient (Wildman–Crippen LogP) is 2.07. The highest BCUT2D eigenvalue weighted by Crippen LogP contribution is 2.15. The summed E-state index contributed by atoms with van der Waals surface area (Å²) in [7, 11) is 0. The molecule has 0 saturated carbocycles. The van der Waals surface area contributed by atoms with Crippen molar-refractivity contribution in [2.75, 3.05) is 13.2 Å². The number of esters is 1. The molecule has 0 radical (unpaired) electrons. The van der Waals surface area contributed by atoms with Crippen LogP contribution in [0.25, 0.3) is 0 Å².